The van der Waals surface area contributed by atoms with E-state index in [1.54, 1.807) is 27.7 Å². The van der Waals surface area contributed by atoms with Crippen molar-refractivity contribution in [2.75, 3.05) is 13.2 Å². The van der Waals surface area contributed by atoms with Crippen molar-refractivity contribution in [3.63, 3.8) is 0 Å². The third-order valence-corrected chi connectivity index (χ3v) is 6.17. The van der Waals surface area contributed by atoms with Crippen LogP contribution in [0.3, 0.4) is 0 Å². The maximum Gasteiger partial charge on any atom is 1.00 e. The van der Waals surface area contributed by atoms with E-state index in [9.17, 15) is 24.0 Å². The second-order valence-corrected chi connectivity index (χ2v) is 10.5. The summed E-state index contributed by atoms with van der Waals surface area (Å²) in [7, 11) is -6.98. The van der Waals surface area contributed by atoms with Crippen molar-refractivity contribution in [1.82, 2.24) is 0 Å². The molecule has 0 amide bonds. The van der Waals surface area contributed by atoms with Crippen molar-refractivity contribution < 1.29 is 99.5 Å². The Morgan fingerprint density at radius 1 is 0.889 bits per heavy atom. The number of aliphatic hydroxyl groups excluding tert-OH is 1. The molecule has 0 spiro atoms. The fourth-order valence-electron chi connectivity index (χ4n) is 1.70. The average Bonchev–Trinajstić information content (AvgIpc) is 2.39. The molecule has 0 aromatic carbocycles. The minimum Gasteiger partial charge on any atom is -0.870 e. The Balaban J connectivity index is -0.000000187. The van der Waals surface area contributed by atoms with E-state index >= 15 is 0 Å². The van der Waals surface area contributed by atoms with Gasteiger partial charge in [-0.1, -0.05) is 0 Å². The molecule has 6 N–H and O–H groups in total. The normalized spacial score (nSPS) is 11.3. The monoisotopic (exact) mass is 458 g/mol. The Morgan fingerprint density at radius 3 is 1.56 bits per heavy atom. The molecule has 0 saturated carbocycles. The van der Waals surface area contributed by atoms with Crippen LogP contribution in [-0.2, 0) is 18.4 Å². The molecule has 0 aliphatic heterocycles. The Kier molecular flexibility index (Phi) is 25.3. The smallest absolute Gasteiger partial charge is 0.870 e. The van der Waals surface area contributed by atoms with Gasteiger partial charge in [0.25, 0.3) is 0 Å². The van der Waals surface area contributed by atoms with E-state index in [-0.39, 0.29) is 100 Å². The Morgan fingerprint density at radius 2 is 1.26 bits per heavy atom. The van der Waals surface area contributed by atoms with Gasteiger partial charge in [-0.3, -0.25) is 4.79 Å². The van der Waals surface area contributed by atoms with Gasteiger partial charge in [-0.2, -0.15) is 0 Å². The second-order valence-electron chi connectivity index (χ2n) is 6.09. The number of carbonyl (C=O) groups is 1. The first kappa shape index (κ1) is 35.6. The fraction of sp³-hybridized carbons (Fsp3) is 0.929. The largest absolute Gasteiger partial charge is 1.00 e. The van der Waals surface area contributed by atoms with Crippen LogP contribution < -0.4 is 51.4 Å². The summed E-state index contributed by atoms with van der Waals surface area (Å²) >= 11 is 0. The van der Waals surface area contributed by atoms with Crippen LogP contribution in [0, 0.1) is 0 Å². The molecule has 0 aromatic rings. The summed E-state index contributed by atoms with van der Waals surface area (Å²) < 4.78 is 14.5. The molecule has 27 heavy (non-hydrogen) atoms. The maximum absolute atomic E-state index is 10.4. The summed E-state index contributed by atoms with van der Waals surface area (Å²) in [6.07, 6.45) is 0.415. The van der Waals surface area contributed by atoms with Crippen LogP contribution >= 0.6 is 0 Å². The molecule has 0 bridgehead atoms. The summed E-state index contributed by atoms with van der Waals surface area (Å²) in [4.78, 5) is 47.5. The first-order chi connectivity index (χ1) is 11.3. The third-order valence-electron chi connectivity index (χ3n) is 2.46. The number of aliphatic hydroxyl groups is 1. The molecule has 0 saturated heterocycles. The number of ether oxygens (including phenoxy) is 1. The van der Waals surface area contributed by atoms with Gasteiger partial charge in [-0.25, -0.2) is 0 Å². The third kappa shape index (κ3) is 29.5. The molecule has 0 radical (unpaired) electrons. The van der Waals surface area contributed by atoms with Crippen LogP contribution in [0.15, 0.2) is 0 Å². The molecule has 10 nitrogen and oxygen atoms in total. The van der Waals surface area contributed by atoms with Crippen LogP contribution in [0.2, 0.25) is 12.1 Å². The topological polar surface area (TPSA) is 176 Å². The van der Waals surface area contributed by atoms with Gasteiger partial charge < -0.3 is 43.4 Å². The number of hydrogen-bond donors (Lipinski definition) is 5. The van der Waals surface area contributed by atoms with Crippen LogP contribution in [0.4, 0.5) is 0 Å². The molecule has 0 rings (SSSR count). The summed E-state index contributed by atoms with van der Waals surface area (Å²) in [5, 5.41) is 8.41. The first-order valence-corrected chi connectivity index (χ1v) is 12.3. The van der Waals surface area contributed by atoms with Gasteiger partial charge in [0.15, 0.2) is 0 Å². The number of rotatable bonds is 11. The maximum atomic E-state index is 10.4. The van der Waals surface area contributed by atoms with Crippen LogP contribution in [-0.4, -0.2) is 78.8 Å². The van der Waals surface area contributed by atoms with E-state index in [1.165, 1.54) is 6.92 Å². The molecule has 0 unspecified atom stereocenters. The summed E-state index contributed by atoms with van der Waals surface area (Å²) in [6, 6.07) is 0.320. The SMILES string of the molecule is CC(=O)OCCC[Si](O)(O)OC(C)C.CC(C)O[Si](O)(O)CCCO.[K+].[OH-]. The van der Waals surface area contributed by atoms with Crippen LogP contribution in [0.1, 0.15) is 47.5 Å². The van der Waals surface area contributed by atoms with Crippen molar-refractivity contribution in [2.24, 2.45) is 0 Å². The average molecular weight is 459 g/mol. The quantitative estimate of drug-likeness (QED) is 0.121. The van der Waals surface area contributed by atoms with Crippen molar-refractivity contribution in [1.29, 1.82) is 0 Å². The van der Waals surface area contributed by atoms with Crippen LogP contribution in [0.25, 0.3) is 0 Å². The molecule has 0 atom stereocenters. The van der Waals surface area contributed by atoms with Gasteiger partial charge in [-0.15, -0.1) is 0 Å². The Bertz CT molecular complexity index is 357. The molecule has 0 aromatic heterocycles. The second kappa shape index (κ2) is 19.2. The number of esters is 1. The minimum atomic E-state index is -3.53. The zero-order valence-corrected chi connectivity index (χ0v) is 22.3. The van der Waals surface area contributed by atoms with Gasteiger partial charge in [0, 0.05) is 37.8 Å². The summed E-state index contributed by atoms with van der Waals surface area (Å²) in [5.74, 6) is -0.363. The van der Waals surface area contributed by atoms with Crippen molar-refractivity contribution >= 4 is 23.6 Å². The fourth-order valence-corrected chi connectivity index (χ4v) is 4.67. The van der Waals surface area contributed by atoms with Gasteiger partial charge >= 0.3 is 75.0 Å². The molecule has 0 heterocycles. The van der Waals surface area contributed by atoms with Gasteiger partial charge in [0.2, 0.25) is 0 Å². The molecule has 13 heteroatoms. The predicted molar refractivity (Wildman–Crippen MR) is 97.3 cm³/mol. The van der Waals surface area contributed by atoms with E-state index in [4.69, 9.17) is 14.0 Å². The van der Waals surface area contributed by atoms with E-state index in [1.807, 2.05) is 0 Å². The molecule has 160 valence electrons. The van der Waals surface area contributed by atoms with E-state index in [0.29, 0.717) is 12.8 Å². The first-order valence-electron chi connectivity index (χ1n) is 8.30. The van der Waals surface area contributed by atoms with E-state index in [0.717, 1.165) is 0 Å². The standard InChI is InChI=1S/C8H18O5Si.C6H16O4Si.K.H2O/c1-7(2)13-14(10,11)6-4-5-12-8(3)9;1-6(2)10-11(8,9)5-3-4-7;;/h7,10-11H,4-6H2,1-3H3;6-9H,3-5H2,1-2H3;;1H2/q;;+1;/p-1. The predicted octanol–water partition coefficient (Wildman–Crippen LogP) is -3.17. The van der Waals surface area contributed by atoms with Crippen LogP contribution in [0.5, 0.6) is 0 Å². The Hall–Kier alpha value is 1.22. The van der Waals surface area contributed by atoms with Gasteiger partial charge in [0.05, 0.1) is 6.61 Å². The zero-order chi connectivity index (χ0) is 20.1. The van der Waals surface area contributed by atoms with Gasteiger partial charge in [-0.05, 0) is 40.5 Å². The van der Waals surface area contributed by atoms with Crippen molar-refractivity contribution in [3.8, 4) is 0 Å². The Labute approximate surface area is 206 Å². The van der Waals surface area contributed by atoms with E-state index < -0.39 is 17.6 Å². The number of carbonyl (C=O) groups excluding carboxylic acids is 1. The van der Waals surface area contributed by atoms with E-state index in [2.05, 4.69) is 4.74 Å². The minimum absolute atomic E-state index is 0. The molecule has 0 aliphatic rings. The van der Waals surface area contributed by atoms with Crippen molar-refractivity contribution in [3.05, 3.63) is 0 Å². The summed E-state index contributed by atoms with van der Waals surface area (Å²) in [6.45, 7) is 8.44. The molecule has 0 aliphatic carbocycles. The summed E-state index contributed by atoms with van der Waals surface area (Å²) in [5.41, 5.74) is 0. The molecular formula is C14H35KO10Si2. The molecule has 0 fully saturated rings. The van der Waals surface area contributed by atoms with Crippen molar-refractivity contribution in [2.45, 2.75) is 71.8 Å². The zero-order valence-electron chi connectivity index (χ0n) is 17.2. The van der Waals surface area contributed by atoms with Gasteiger partial charge in [0.1, 0.15) is 0 Å². The molecular weight excluding hydrogens is 423 g/mol. The number of hydrogen-bond acceptors (Lipinski definition) is 10.